The van der Waals surface area contributed by atoms with E-state index < -0.39 is 15.6 Å². The lowest BCUT2D eigenvalue weighted by Gasteiger charge is -2.26. The fourth-order valence-electron chi connectivity index (χ4n) is 1.86. The maximum absolute atomic E-state index is 12.3. The Morgan fingerprint density at radius 2 is 1.81 bits per heavy atom. The Labute approximate surface area is 135 Å². The number of nitrogens with two attached hydrogens (primary N) is 1. The van der Waals surface area contributed by atoms with E-state index in [9.17, 15) is 8.42 Å². The van der Waals surface area contributed by atoms with Crippen LogP contribution in [0.5, 0.6) is 0 Å². The highest BCUT2D eigenvalue weighted by Gasteiger charge is 2.24. The Morgan fingerprint density at radius 1 is 1.24 bits per heavy atom. The van der Waals surface area contributed by atoms with E-state index in [1.54, 1.807) is 18.2 Å². The highest BCUT2D eigenvalue weighted by Crippen LogP contribution is 2.19. The molecule has 0 saturated carbocycles. The fraction of sp³-hybridized carbons (Fsp3) is 0.600. The Hall–Kier alpha value is -0.620. The summed E-state index contributed by atoms with van der Waals surface area (Å²) in [5, 5.41) is 0. The molecule has 0 aliphatic carbocycles. The van der Waals surface area contributed by atoms with Crippen molar-refractivity contribution in [2.24, 2.45) is 5.73 Å². The van der Waals surface area contributed by atoms with Crippen LogP contribution in [-0.2, 0) is 10.0 Å². The molecule has 0 amide bonds. The molecule has 0 heterocycles. The van der Waals surface area contributed by atoms with E-state index in [1.807, 2.05) is 33.8 Å². The smallest absolute Gasteiger partial charge is 0.240 e. The fourth-order valence-corrected chi connectivity index (χ4v) is 3.06. The topological polar surface area (TPSA) is 72.2 Å². The van der Waals surface area contributed by atoms with Gasteiger partial charge in [0.15, 0.2) is 0 Å². The first-order chi connectivity index (χ1) is 9.24. The highest BCUT2D eigenvalue weighted by atomic mass is 35.5. The Morgan fingerprint density at radius 3 is 2.29 bits per heavy atom. The van der Waals surface area contributed by atoms with Gasteiger partial charge in [0.1, 0.15) is 0 Å². The first kappa shape index (κ1) is 20.4. The van der Waals surface area contributed by atoms with E-state index in [0.29, 0.717) is 10.8 Å². The van der Waals surface area contributed by atoms with Gasteiger partial charge in [0.05, 0.1) is 4.90 Å². The van der Waals surface area contributed by atoms with Crippen molar-refractivity contribution in [2.45, 2.75) is 56.9 Å². The van der Waals surface area contributed by atoms with Gasteiger partial charge in [0.2, 0.25) is 10.0 Å². The number of benzene rings is 1. The molecule has 0 aromatic heterocycles. The third kappa shape index (κ3) is 5.58. The molecule has 6 heteroatoms. The van der Waals surface area contributed by atoms with Gasteiger partial charge in [-0.25, -0.2) is 13.1 Å². The lowest BCUT2D eigenvalue weighted by atomic mass is 9.95. The Bertz CT molecular complexity index is 540. The Kier molecular flexibility index (Phi) is 7.89. The molecule has 1 aromatic carbocycles. The minimum Gasteiger partial charge on any atom is -0.324 e. The SMILES string of the molecule is CCC(N)(CC)CNS(=O)(=O)c1cccc(C(C)C)c1.Cl. The predicted octanol–water partition coefficient (Wildman–Crippen LogP) is 3.03. The van der Waals surface area contributed by atoms with Crippen LogP contribution in [0.2, 0.25) is 0 Å². The minimum atomic E-state index is -3.50. The van der Waals surface area contributed by atoms with Crippen molar-refractivity contribution in [2.75, 3.05) is 6.54 Å². The summed E-state index contributed by atoms with van der Waals surface area (Å²) in [4.78, 5) is 0.304. The highest BCUT2D eigenvalue weighted by molar-refractivity contribution is 7.89. The number of hydrogen-bond acceptors (Lipinski definition) is 3. The zero-order valence-electron chi connectivity index (χ0n) is 13.2. The van der Waals surface area contributed by atoms with Crippen LogP contribution in [0.15, 0.2) is 29.2 Å². The molecular weight excluding hydrogens is 308 g/mol. The van der Waals surface area contributed by atoms with Gasteiger partial charge in [-0.15, -0.1) is 12.4 Å². The van der Waals surface area contributed by atoms with Crippen LogP contribution in [0, 0.1) is 0 Å². The molecule has 0 saturated heterocycles. The third-order valence-electron chi connectivity index (χ3n) is 3.86. The van der Waals surface area contributed by atoms with Crippen molar-refractivity contribution in [1.29, 1.82) is 0 Å². The second kappa shape index (κ2) is 8.13. The molecule has 0 unspecified atom stereocenters. The molecule has 1 aromatic rings. The lowest BCUT2D eigenvalue weighted by molar-refractivity contribution is 0.392. The number of nitrogens with one attached hydrogen (secondary N) is 1. The molecule has 3 N–H and O–H groups in total. The first-order valence-corrected chi connectivity index (χ1v) is 8.61. The van der Waals surface area contributed by atoms with E-state index in [2.05, 4.69) is 4.72 Å². The summed E-state index contributed by atoms with van der Waals surface area (Å²) in [6, 6.07) is 7.06. The minimum absolute atomic E-state index is 0. The van der Waals surface area contributed by atoms with Crippen LogP contribution in [0.4, 0.5) is 0 Å². The van der Waals surface area contributed by atoms with Crippen molar-refractivity contribution >= 4 is 22.4 Å². The van der Waals surface area contributed by atoms with E-state index in [0.717, 1.165) is 18.4 Å². The van der Waals surface area contributed by atoms with Crippen LogP contribution in [0.3, 0.4) is 0 Å². The van der Waals surface area contributed by atoms with Crippen molar-refractivity contribution in [3.8, 4) is 0 Å². The number of halogens is 1. The molecule has 21 heavy (non-hydrogen) atoms. The molecule has 122 valence electrons. The lowest BCUT2D eigenvalue weighted by Crippen LogP contribution is -2.49. The summed E-state index contributed by atoms with van der Waals surface area (Å²) in [5.74, 6) is 0.296. The van der Waals surface area contributed by atoms with E-state index in [-0.39, 0.29) is 19.0 Å². The van der Waals surface area contributed by atoms with Crippen molar-refractivity contribution in [1.82, 2.24) is 4.72 Å². The number of rotatable bonds is 7. The van der Waals surface area contributed by atoms with Gasteiger partial charge in [-0.05, 0) is 36.5 Å². The summed E-state index contributed by atoms with van der Waals surface area (Å²) < 4.78 is 27.3. The zero-order chi connectivity index (χ0) is 15.4. The van der Waals surface area contributed by atoms with Gasteiger partial charge < -0.3 is 5.73 Å². The molecule has 1 rings (SSSR count). The molecule has 0 atom stereocenters. The standard InChI is InChI=1S/C15H26N2O2S.ClH/c1-5-15(16,6-2)11-17-20(18,19)14-9-7-8-13(10-14)12(3)4;/h7-10,12,17H,5-6,11,16H2,1-4H3;1H. The van der Waals surface area contributed by atoms with E-state index >= 15 is 0 Å². The van der Waals surface area contributed by atoms with Gasteiger partial charge in [0, 0.05) is 12.1 Å². The number of sulfonamides is 1. The third-order valence-corrected chi connectivity index (χ3v) is 5.26. The van der Waals surface area contributed by atoms with Crippen molar-refractivity contribution in [3.63, 3.8) is 0 Å². The predicted molar refractivity (Wildman–Crippen MR) is 90.5 cm³/mol. The molecule has 0 spiro atoms. The molecule has 0 aliphatic rings. The van der Waals surface area contributed by atoms with Gasteiger partial charge in [-0.2, -0.15) is 0 Å². The van der Waals surface area contributed by atoms with Crippen molar-refractivity contribution in [3.05, 3.63) is 29.8 Å². The van der Waals surface area contributed by atoms with Crippen molar-refractivity contribution < 1.29 is 8.42 Å². The molecule has 0 bridgehead atoms. The van der Waals surface area contributed by atoms with E-state index in [4.69, 9.17) is 5.73 Å². The summed E-state index contributed by atoms with van der Waals surface area (Å²) in [5.41, 5.74) is 6.66. The molecule has 0 radical (unpaired) electrons. The molecule has 0 fully saturated rings. The van der Waals surface area contributed by atoms with Gasteiger partial charge in [-0.3, -0.25) is 0 Å². The maximum atomic E-state index is 12.3. The summed E-state index contributed by atoms with van der Waals surface area (Å²) >= 11 is 0. The maximum Gasteiger partial charge on any atom is 0.240 e. The second-order valence-corrected chi connectivity index (χ2v) is 7.39. The Balaban J connectivity index is 0.00000400. The first-order valence-electron chi connectivity index (χ1n) is 7.12. The summed E-state index contributed by atoms with van der Waals surface area (Å²) in [6.07, 6.45) is 1.47. The molecule has 0 aliphatic heterocycles. The second-order valence-electron chi connectivity index (χ2n) is 5.62. The zero-order valence-corrected chi connectivity index (χ0v) is 14.9. The van der Waals surface area contributed by atoms with Gasteiger partial charge >= 0.3 is 0 Å². The molecule has 4 nitrogen and oxygen atoms in total. The summed E-state index contributed by atoms with van der Waals surface area (Å²) in [6.45, 7) is 8.28. The summed E-state index contributed by atoms with van der Waals surface area (Å²) in [7, 11) is -3.50. The average molecular weight is 335 g/mol. The van der Waals surface area contributed by atoms with Crippen LogP contribution < -0.4 is 10.5 Å². The van der Waals surface area contributed by atoms with Crippen LogP contribution in [-0.4, -0.2) is 20.5 Å². The quantitative estimate of drug-likeness (QED) is 0.805. The van der Waals surface area contributed by atoms with Crippen LogP contribution in [0.25, 0.3) is 0 Å². The largest absolute Gasteiger partial charge is 0.324 e. The van der Waals surface area contributed by atoms with Gasteiger partial charge in [0.25, 0.3) is 0 Å². The average Bonchev–Trinajstić information content (AvgIpc) is 2.45. The van der Waals surface area contributed by atoms with Gasteiger partial charge in [-0.1, -0.05) is 39.8 Å². The number of hydrogen-bond donors (Lipinski definition) is 2. The van der Waals surface area contributed by atoms with Crippen LogP contribution >= 0.6 is 12.4 Å². The molecular formula is C15H27ClN2O2S. The monoisotopic (exact) mass is 334 g/mol. The normalized spacial score (nSPS) is 12.3. The van der Waals surface area contributed by atoms with E-state index in [1.165, 1.54) is 0 Å². The van der Waals surface area contributed by atoms with Crippen LogP contribution in [0.1, 0.15) is 52.0 Å².